The van der Waals surface area contributed by atoms with E-state index < -0.39 is 0 Å². The lowest BCUT2D eigenvalue weighted by atomic mass is 9.77. The molecule has 1 aliphatic heterocycles. The van der Waals surface area contributed by atoms with Gasteiger partial charge in [0.25, 0.3) is 0 Å². The molecule has 172 valence electrons. The Hall–Kier alpha value is -2.09. The summed E-state index contributed by atoms with van der Waals surface area (Å²) in [5.74, 6) is 1.19. The molecule has 0 saturated heterocycles. The van der Waals surface area contributed by atoms with Crippen molar-refractivity contribution in [1.82, 2.24) is 0 Å². The van der Waals surface area contributed by atoms with Crippen LogP contribution in [0.2, 0.25) is 0 Å². The van der Waals surface area contributed by atoms with Gasteiger partial charge in [-0.15, -0.1) is 0 Å². The number of hydrogen-bond acceptors (Lipinski definition) is 1. The molecule has 1 saturated carbocycles. The second-order valence-corrected chi connectivity index (χ2v) is 9.88. The first-order valence-electron chi connectivity index (χ1n) is 12.9. The monoisotopic (exact) mass is 434 g/mol. The van der Waals surface area contributed by atoms with Crippen LogP contribution in [0.3, 0.4) is 0 Å². The fourth-order valence-corrected chi connectivity index (χ4v) is 5.46. The lowest BCUT2D eigenvalue weighted by Crippen LogP contribution is -2.14. The van der Waals surface area contributed by atoms with E-state index in [2.05, 4.69) is 44.2 Å². The Morgan fingerprint density at radius 3 is 2.19 bits per heavy atom. The molecule has 0 N–H and O–H groups in total. The summed E-state index contributed by atoms with van der Waals surface area (Å²) in [6.07, 6.45) is 15.5. The largest absolute Gasteiger partial charge is 0.498 e. The molecule has 1 nitrogen and oxygen atoms in total. The Morgan fingerprint density at radius 1 is 0.844 bits per heavy atom. The topological polar surface area (TPSA) is 9.23 Å². The SMILES string of the molecule is CCCCCC1CCC(c2ccc(-c3ccc(C4CCC(CC)CC4)c(F)c3)cc2)=CO1. The van der Waals surface area contributed by atoms with Gasteiger partial charge >= 0.3 is 0 Å². The normalized spacial score (nSPS) is 23.5. The number of ether oxygens (including phenoxy) is 1. The number of hydrogen-bond donors (Lipinski definition) is 0. The van der Waals surface area contributed by atoms with Gasteiger partial charge in [0.15, 0.2) is 0 Å². The van der Waals surface area contributed by atoms with E-state index in [0.29, 0.717) is 12.0 Å². The summed E-state index contributed by atoms with van der Waals surface area (Å²) in [5.41, 5.74) is 5.43. The predicted molar refractivity (Wildman–Crippen MR) is 133 cm³/mol. The molecule has 2 aromatic rings. The van der Waals surface area contributed by atoms with Gasteiger partial charge in [-0.2, -0.15) is 0 Å². The highest BCUT2D eigenvalue weighted by Gasteiger charge is 2.23. The van der Waals surface area contributed by atoms with Crippen molar-refractivity contribution < 1.29 is 9.13 Å². The minimum absolute atomic E-state index is 0.0379. The third-order valence-corrected chi connectivity index (χ3v) is 7.72. The Bertz CT molecular complexity index is 890. The molecule has 4 rings (SSSR count). The van der Waals surface area contributed by atoms with Crippen molar-refractivity contribution in [3.8, 4) is 11.1 Å². The zero-order valence-corrected chi connectivity index (χ0v) is 19.9. The van der Waals surface area contributed by atoms with Crippen LogP contribution in [0.15, 0.2) is 48.7 Å². The van der Waals surface area contributed by atoms with E-state index in [1.807, 2.05) is 12.3 Å². The number of halogens is 1. The summed E-state index contributed by atoms with van der Waals surface area (Å²) >= 11 is 0. The molecule has 1 atom stereocenters. The van der Waals surface area contributed by atoms with Crippen molar-refractivity contribution in [2.75, 3.05) is 0 Å². The number of allylic oxidation sites excluding steroid dienone is 1. The Morgan fingerprint density at radius 2 is 1.56 bits per heavy atom. The van der Waals surface area contributed by atoms with Crippen LogP contribution in [0.4, 0.5) is 4.39 Å². The molecule has 0 amide bonds. The highest BCUT2D eigenvalue weighted by atomic mass is 19.1. The zero-order valence-electron chi connectivity index (χ0n) is 19.9. The van der Waals surface area contributed by atoms with Crippen molar-refractivity contribution in [3.63, 3.8) is 0 Å². The maximum atomic E-state index is 15.0. The molecule has 1 fully saturated rings. The minimum Gasteiger partial charge on any atom is -0.498 e. The van der Waals surface area contributed by atoms with Gasteiger partial charge in [0.2, 0.25) is 0 Å². The standard InChI is InChI=1S/C30H39FO/c1-3-5-6-7-28-18-16-27(21-32-28)24-14-12-23(13-15-24)26-17-19-29(30(31)20-26)25-10-8-22(4-2)9-11-25/h12-15,17,19-22,25,28H,3-11,16,18H2,1-2H3. The van der Waals surface area contributed by atoms with Crippen LogP contribution in [-0.2, 0) is 4.74 Å². The second kappa shape index (κ2) is 11.2. The molecule has 0 bridgehead atoms. The number of unbranched alkanes of at least 4 members (excludes halogenated alkanes) is 2. The molecule has 0 radical (unpaired) electrons. The third-order valence-electron chi connectivity index (χ3n) is 7.72. The van der Waals surface area contributed by atoms with Crippen molar-refractivity contribution in [2.45, 2.75) is 96.5 Å². The van der Waals surface area contributed by atoms with Gasteiger partial charge in [0.05, 0.1) is 12.4 Å². The van der Waals surface area contributed by atoms with E-state index in [4.69, 9.17) is 4.74 Å². The average Bonchev–Trinajstić information content (AvgIpc) is 2.85. The number of benzene rings is 2. The molecular formula is C30H39FO. The smallest absolute Gasteiger partial charge is 0.127 e. The first kappa shape index (κ1) is 23.1. The summed E-state index contributed by atoms with van der Waals surface area (Å²) < 4.78 is 21.0. The Balaban J connectivity index is 1.38. The molecule has 2 heteroatoms. The molecule has 1 unspecified atom stereocenters. The third kappa shape index (κ3) is 5.63. The van der Waals surface area contributed by atoms with Crippen LogP contribution in [-0.4, -0.2) is 6.10 Å². The summed E-state index contributed by atoms with van der Waals surface area (Å²) in [7, 11) is 0. The Kier molecular flexibility index (Phi) is 8.05. The summed E-state index contributed by atoms with van der Waals surface area (Å²) in [5, 5.41) is 0. The number of rotatable bonds is 8. The van der Waals surface area contributed by atoms with E-state index >= 15 is 0 Å². The molecule has 0 aromatic heterocycles. The van der Waals surface area contributed by atoms with E-state index in [-0.39, 0.29) is 5.82 Å². The highest BCUT2D eigenvalue weighted by Crippen LogP contribution is 2.39. The maximum absolute atomic E-state index is 15.0. The maximum Gasteiger partial charge on any atom is 0.127 e. The summed E-state index contributed by atoms with van der Waals surface area (Å²) in [6, 6.07) is 14.4. The van der Waals surface area contributed by atoms with Crippen LogP contribution >= 0.6 is 0 Å². The van der Waals surface area contributed by atoms with Gasteiger partial charge in [-0.05, 0) is 97.1 Å². The molecule has 2 aromatic carbocycles. The van der Waals surface area contributed by atoms with Crippen molar-refractivity contribution in [2.24, 2.45) is 5.92 Å². The van der Waals surface area contributed by atoms with Crippen LogP contribution in [0.1, 0.15) is 102 Å². The van der Waals surface area contributed by atoms with Gasteiger partial charge in [-0.1, -0.05) is 69.5 Å². The van der Waals surface area contributed by atoms with Crippen LogP contribution in [0, 0.1) is 11.7 Å². The summed E-state index contributed by atoms with van der Waals surface area (Å²) in [6.45, 7) is 4.51. The van der Waals surface area contributed by atoms with Gasteiger partial charge in [-0.25, -0.2) is 4.39 Å². The van der Waals surface area contributed by atoms with Gasteiger partial charge in [0.1, 0.15) is 5.82 Å². The zero-order chi connectivity index (χ0) is 22.3. The van der Waals surface area contributed by atoms with Crippen LogP contribution in [0.25, 0.3) is 16.7 Å². The minimum atomic E-state index is -0.0379. The van der Waals surface area contributed by atoms with E-state index in [1.165, 1.54) is 49.7 Å². The van der Waals surface area contributed by atoms with E-state index in [1.54, 1.807) is 6.07 Å². The lowest BCUT2D eigenvalue weighted by Gasteiger charge is -2.28. The van der Waals surface area contributed by atoms with Crippen LogP contribution < -0.4 is 0 Å². The van der Waals surface area contributed by atoms with Gasteiger partial charge < -0.3 is 4.74 Å². The van der Waals surface area contributed by atoms with E-state index in [9.17, 15) is 4.39 Å². The van der Waals surface area contributed by atoms with Crippen molar-refractivity contribution >= 4 is 5.57 Å². The second-order valence-electron chi connectivity index (χ2n) is 9.88. The Labute approximate surface area is 194 Å². The molecule has 32 heavy (non-hydrogen) atoms. The van der Waals surface area contributed by atoms with Gasteiger partial charge in [-0.3, -0.25) is 0 Å². The fourth-order valence-electron chi connectivity index (χ4n) is 5.46. The van der Waals surface area contributed by atoms with Gasteiger partial charge in [0, 0.05) is 0 Å². The van der Waals surface area contributed by atoms with Crippen LogP contribution in [0.5, 0.6) is 0 Å². The highest BCUT2D eigenvalue weighted by molar-refractivity contribution is 5.70. The van der Waals surface area contributed by atoms with E-state index in [0.717, 1.165) is 54.7 Å². The average molecular weight is 435 g/mol. The molecule has 1 aliphatic carbocycles. The lowest BCUT2D eigenvalue weighted by molar-refractivity contribution is 0.116. The predicted octanol–water partition coefficient (Wildman–Crippen LogP) is 9.28. The molecular weight excluding hydrogens is 395 g/mol. The molecule has 2 aliphatic rings. The van der Waals surface area contributed by atoms with Crippen molar-refractivity contribution in [1.29, 1.82) is 0 Å². The van der Waals surface area contributed by atoms with Crippen molar-refractivity contribution in [3.05, 3.63) is 65.7 Å². The fraction of sp³-hybridized carbons (Fsp3) is 0.533. The summed E-state index contributed by atoms with van der Waals surface area (Å²) in [4.78, 5) is 0. The molecule has 0 spiro atoms. The quantitative estimate of drug-likeness (QED) is 0.376. The first-order valence-corrected chi connectivity index (χ1v) is 12.9. The first-order chi connectivity index (χ1) is 15.7. The molecule has 1 heterocycles.